The maximum Gasteiger partial charge on any atom is 0.325 e. The zero-order valence-electron chi connectivity index (χ0n) is 10.8. The predicted molar refractivity (Wildman–Crippen MR) is 70.9 cm³/mol. The molecule has 112 valence electrons. The molecule has 1 saturated carbocycles. The minimum atomic E-state index is -4.02. The topological polar surface area (TPSA) is 132 Å². The second-order valence-corrected chi connectivity index (χ2v) is 6.86. The molecule has 1 aromatic rings. The average molecular weight is 303 g/mol. The number of rotatable bonds is 5. The average Bonchev–Trinajstić information content (AvgIpc) is 2.85. The largest absolute Gasteiger partial charge is 0.396 e. The molecule has 0 atom stereocenters. The number of hydrogen-bond donors (Lipinski definition) is 4. The molecule has 0 radical (unpaired) electrons. The zero-order valence-corrected chi connectivity index (χ0v) is 11.6. The van der Waals surface area contributed by atoms with E-state index >= 15 is 0 Å². The van der Waals surface area contributed by atoms with E-state index in [9.17, 15) is 23.1 Å². The lowest BCUT2D eigenvalue weighted by molar-refractivity contribution is 0.134. The third kappa shape index (κ3) is 3.00. The van der Waals surface area contributed by atoms with Gasteiger partial charge in [-0.05, 0) is 12.8 Å². The summed E-state index contributed by atoms with van der Waals surface area (Å²) in [5.41, 5.74) is -2.19. The Kier molecular flexibility index (Phi) is 4.11. The van der Waals surface area contributed by atoms with Crippen LogP contribution in [0.1, 0.15) is 25.7 Å². The SMILES string of the molecule is O=c1[nH]cc(S(=O)(=O)NCC2(CO)CCCC2)c(=O)[nH]1. The van der Waals surface area contributed by atoms with E-state index in [4.69, 9.17) is 0 Å². The van der Waals surface area contributed by atoms with Crippen molar-refractivity contribution in [3.8, 4) is 0 Å². The van der Waals surface area contributed by atoms with Gasteiger partial charge in [-0.2, -0.15) is 0 Å². The van der Waals surface area contributed by atoms with Gasteiger partial charge in [-0.25, -0.2) is 17.9 Å². The van der Waals surface area contributed by atoms with Crippen molar-refractivity contribution in [1.29, 1.82) is 0 Å². The molecule has 9 heteroatoms. The summed E-state index contributed by atoms with van der Waals surface area (Å²) >= 11 is 0. The highest BCUT2D eigenvalue weighted by Gasteiger charge is 2.34. The van der Waals surface area contributed by atoms with E-state index in [1.54, 1.807) is 0 Å². The van der Waals surface area contributed by atoms with E-state index in [2.05, 4.69) is 9.71 Å². The van der Waals surface area contributed by atoms with E-state index in [-0.39, 0.29) is 13.2 Å². The molecule has 1 aliphatic rings. The summed E-state index contributed by atoms with van der Waals surface area (Å²) in [6, 6.07) is 0. The predicted octanol–water partition coefficient (Wildman–Crippen LogP) is -1.11. The summed E-state index contributed by atoms with van der Waals surface area (Å²) in [6.07, 6.45) is 4.24. The van der Waals surface area contributed by atoms with Crippen molar-refractivity contribution in [3.05, 3.63) is 27.0 Å². The molecule has 0 bridgehead atoms. The summed E-state index contributed by atoms with van der Waals surface area (Å²) in [4.78, 5) is 25.8. The lowest BCUT2D eigenvalue weighted by Crippen LogP contribution is -2.40. The lowest BCUT2D eigenvalue weighted by atomic mass is 9.88. The fourth-order valence-corrected chi connectivity index (χ4v) is 3.60. The van der Waals surface area contributed by atoms with Crippen LogP contribution in [0, 0.1) is 5.41 Å². The molecule has 1 aromatic heterocycles. The molecule has 0 spiro atoms. The van der Waals surface area contributed by atoms with E-state index in [0.29, 0.717) is 0 Å². The van der Waals surface area contributed by atoms with Gasteiger partial charge in [0.2, 0.25) is 10.0 Å². The standard InChI is InChI=1S/C11H17N3O5S/c15-7-11(3-1-2-4-11)6-13-20(18,19)8-5-12-10(17)14-9(8)16/h5,13,15H,1-4,6-7H2,(H2,12,14,16,17). The van der Waals surface area contributed by atoms with Crippen LogP contribution in [-0.4, -0.2) is 36.6 Å². The van der Waals surface area contributed by atoms with Crippen LogP contribution >= 0.6 is 0 Å². The summed E-state index contributed by atoms with van der Waals surface area (Å²) in [7, 11) is -4.02. The van der Waals surface area contributed by atoms with Crippen LogP contribution in [0.5, 0.6) is 0 Å². The van der Waals surface area contributed by atoms with Gasteiger partial charge in [0.15, 0.2) is 4.90 Å². The first kappa shape index (κ1) is 14.9. The maximum absolute atomic E-state index is 12.0. The highest BCUT2D eigenvalue weighted by molar-refractivity contribution is 7.89. The van der Waals surface area contributed by atoms with Gasteiger partial charge in [0.25, 0.3) is 5.56 Å². The first-order chi connectivity index (χ1) is 9.38. The Hall–Kier alpha value is -1.45. The van der Waals surface area contributed by atoms with Crippen LogP contribution in [-0.2, 0) is 10.0 Å². The smallest absolute Gasteiger partial charge is 0.325 e. The van der Waals surface area contributed by atoms with Crippen molar-refractivity contribution in [2.45, 2.75) is 30.6 Å². The van der Waals surface area contributed by atoms with Crippen molar-refractivity contribution in [2.75, 3.05) is 13.2 Å². The molecule has 1 aliphatic carbocycles. The number of aliphatic hydroxyl groups is 1. The highest BCUT2D eigenvalue weighted by atomic mass is 32.2. The van der Waals surface area contributed by atoms with Crippen LogP contribution in [0.25, 0.3) is 0 Å². The third-order valence-corrected chi connectivity index (χ3v) is 5.12. The second kappa shape index (κ2) is 5.51. The monoisotopic (exact) mass is 303 g/mol. The van der Waals surface area contributed by atoms with Gasteiger partial charge in [0.1, 0.15) is 0 Å². The normalized spacial score (nSPS) is 18.2. The molecular weight excluding hydrogens is 286 g/mol. The Balaban J connectivity index is 2.19. The molecule has 1 fully saturated rings. The molecule has 8 nitrogen and oxygen atoms in total. The van der Waals surface area contributed by atoms with Gasteiger partial charge in [-0.15, -0.1) is 0 Å². The highest BCUT2D eigenvalue weighted by Crippen LogP contribution is 2.37. The van der Waals surface area contributed by atoms with E-state index in [1.165, 1.54) is 0 Å². The van der Waals surface area contributed by atoms with Crippen molar-refractivity contribution in [2.24, 2.45) is 5.41 Å². The number of nitrogens with one attached hydrogen (secondary N) is 3. The fraction of sp³-hybridized carbons (Fsp3) is 0.636. The quantitative estimate of drug-likeness (QED) is 0.548. The third-order valence-electron chi connectivity index (χ3n) is 3.71. The molecule has 0 aromatic carbocycles. The van der Waals surface area contributed by atoms with Crippen molar-refractivity contribution >= 4 is 10.0 Å². The van der Waals surface area contributed by atoms with Gasteiger partial charge >= 0.3 is 5.69 Å². The summed E-state index contributed by atoms with van der Waals surface area (Å²) in [5, 5.41) is 9.42. The summed E-state index contributed by atoms with van der Waals surface area (Å²) in [6.45, 7) is -0.0259. The molecular formula is C11H17N3O5S. The Labute approximate surface area is 115 Å². The minimum absolute atomic E-state index is 0.0738. The van der Waals surface area contributed by atoms with Gasteiger partial charge < -0.3 is 10.1 Å². The van der Waals surface area contributed by atoms with Crippen LogP contribution < -0.4 is 16.0 Å². The molecule has 0 saturated heterocycles. The number of sulfonamides is 1. The Morgan fingerprint density at radius 3 is 2.50 bits per heavy atom. The molecule has 4 N–H and O–H groups in total. The van der Waals surface area contributed by atoms with E-state index < -0.39 is 31.6 Å². The van der Waals surface area contributed by atoms with Crippen LogP contribution in [0.4, 0.5) is 0 Å². The number of hydrogen-bond acceptors (Lipinski definition) is 5. The molecule has 0 aliphatic heterocycles. The maximum atomic E-state index is 12.0. The Morgan fingerprint density at radius 2 is 1.95 bits per heavy atom. The van der Waals surface area contributed by atoms with E-state index in [0.717, 1.165) is 31.9 Å². The number of aromatic nitrogens is 2. The Bertz CT molecular complexity index is 685. The van der Waals surface area contributed by atoms with Crippen LogP contribution in [0.3, 0.4) is 0 Å². The number of aliphatic hydroxyl groups excluding tert-OH is 1. The molecule has 20 heavy (non-hydrogen) atoms. The Morgan fingerprint density at radius 1 is 1.30 bits per heavy atom. The molecule has 2 rings (SSSR count). The first-order valence-electron chi connectivity index (χ1n) is 6.31. The summed E-state index contributed by atoms with van der Waals surface area (Å²) < 4.78 is 26.4. The number of H-pyrrole nitrogens is 2. The van der Waals surface area contributed by atoms with Gasteiger partial charge in [-0.1, -0.05) is 12.8 Å². The van der Waals surface area contributed by atoms with Gasteiger partial charge in [-0.3, -0.25) is 9.78 Å². The minimum Gasteiger partial charge on any atom is -0.396 e. The van der Waals surface area contributed by atoms with Crippen LogP contribution in [0.15, 0.2) is 20.7 Å². The van der Waals surface area contributed by atoms with Crippen molar-refractivity contribution in [3.63, 3.8) is 0 Å². The zero-order chi connectivity index (χ0) is 14.8. The second-order valence-electron chi connectivity index (χ2n) is 5.13. The molecule has 0 unspecified atom stereocenters. The first-order valence-corrected chi connectivity index (χ1v) is 7.79. The fourth-order valence-electron chi connectivity index (χ4n) is 2.44. The van der Waals surface area contributed by atoms with Crippen molar-refractivity contribution < 1.29 is 13.5 Å². The van der Waals surface area contributed by atoms with Gasteiger partial charge in [0.05, 0.1) is 0 Å². The molecule has 1 heterocycles. The molecule has 0 amide bonds. The van der Waals surface area contributed by atoms with Gasteiger partial charge in [0, 0.05) is 24.8 Å². The number of aromatic amines is 2. The van der Waals surface area contributed by atoms with E-state index in [1.807, 2.05) is 4.98 Å². The van der Waals surface area contributed by atoms with Crippen LogP contribution in [0.2, 0.25) is 0 Å². The van der Waals surface area contributed by atoms with Crippen molar-refractivity contribution in [1.82, 2.24) is 14.7 Å². The summed E-state index contributed by atoms with van der Waals surface area (Å²) in [5.74, 6) is 0. The lowest BCUT2D eigenvalue weighted by Gasteiger charge is -2.26.